The standard InChI is InChI=1S/C19H16N2O2S/c1-2-12-7-9-13(10-8-12)20-19(22)17-15-11-24-16-6-4-3-5-14(16)18(15)23-21-17/h3-10H,2,11H2,1H3,(H,20,22). The van der Waals surface area contributed by atoms with E-state index in [2.05, 4.69) is 23.5 Å². The van der Waals surface area contributed by atoms with Crippen LogP contribution in [0.25, 0.3) is 11.3 Å². The lowest BCUT2D eigenvalue weighted by Gasteiger charge is -2.13. The average molecular weight is 336 g/mol. The number of hydrogen-bond acceptors (Lipinski definition) is 4. The van der Waals surface area contributed by atoms with E-state index in [1.807, 2.05) is 42.5 Å². The second-order valence-electron chi connectivity index (χ2n) is 5.63. The topological polar surface area (TPSA) is 55.1 Å². The molecule has 1 aliphatic heterocycles. The van der Waals surface area contributed by atoms with Crippen LogP contribution in [0.15, 0.2) is 57.9 Å². The molecule has 0 radical (unpaired) electrons. The van der Waals surface area contributed by atoms with Crippen molar-refractivity contribution in [3.8, 4) is 11.3 Å². The predicted octanol–water partition coefficient (Wildman–Crippen LogP) is 4.76. The number of aromatic nitrogens is 1. The summed E-state index contributed by atoms with van der Waals surface area (Å²) in [5.74, 6) is 1.16. The van der Waals surface area contributed by atoms with E-state index in [1.165, 1.54) is 5.56 Å². The molecule has 2 aromatic carbocycles. The van der Waals surface area contributed by atoms with Crippen molar-refractivity contribution >= 4 is 23.4 Å². The van der Waals surface area contributed by atoms with E-state index >= 15 is 0 Å². The van der Waals surface area contributed by atoms with Crippen LogP contribution in [-0.2, 0) is 12.2 Å². The fourth-order valence-corrected chi connectivity index (χ4v) is 3.84. The first-order chi connectivity index (χ1) is 11.8. The van der Waals surface area contributed by atoms with Crippen molar-refractivity contribution < 1.29 is 9.32 Å². The van der Waals surface area contributed by atoms with Crippen LogP contribution in [0.3, 0.4) is 0 Å². The summed E-state index contributed by atoms with van der Waals surface area (Å²) in [7, 11) is 0. The number of rotatable bonds is 3. The highest BCUT2D eigenvalue weighted by molar-refractivity contribution is 7.98. The molecule has 0 atom stereocenters. The number of hydrogen-bond donors (Lipinski definition) is 1. The van der Waals surface area contributed by atoms with Gasteiger partial charge in [0, 0.05) is 27.5 Å². The molecule has 4 nitrogen and oxygen atoms in total. The highest BCUT2D eigenvalue weighted by atomic mass is 32.2. The summed E-state index contributed by atoms with van der Waals surface area (Å²) >= 11 is 1.70. The predicted molar refractivity (Wildman–Crippen MR) is 95.3 cm³/mol. The minimum absolute atomic E-state index is 0.232. The molecule has 0 saturated heterocycles. The van der Waals surface area contributed by atoms with Crippen LogP contribution in [0.5, 0.6) is 0 Å². The Bertz CT molecular complexity index is 900. The molecule has 5 heteroatoms. The quantitative estimate of drug-likeness (QED) is 0.749. The van der Waals surface area contributed by atoms with Crippen LogP contribution in [0, 0.1) is 0 Å². The molecule has 0 saturated carbocycles. The minimum Gasteiger partial charge on any atom is -0.355 e. The van der Waals surface area contributed by atoms with Crippen LogP contribution in [-0.4, -0.2) is 11.1 Å². The molecule has 0 aliphatic carbocycles. The molecular formula is C19H16N2O2S. The van der Waals surface area contributed by atoms with Crippen molar-refractivity contribution in [1.82, 2.24) is 5.16 Å². The molecule has 1 N–H and O–H groups in total. The first-order valence-corrected chi connectivity index (χ1v) is 8.86. The smallest absolute Gasteiger partial charge is 0.278 e. The van der Waals surface area contributed by atoms with Gasteiger partial charge in [0.2, 0.25) is 0 Å². The molecule has 1 aromatic heterocycles. The number of aryl methyl sites for hydroxylation is 1. The molecule has 1 amide bonds. The van der Waals surface area contributed by atoms with E-state index in [0.29, 0.717) is 17.2 Å². The third-order valence-electron chi connectivity index (χ3n) is 4.13. The van der Waals surface area contributed by atoms with Gasteiger partial charge in [0.05, 0.1) is 0 Å². The fourth-order valence-electron chi connectivity index (χ4n) is 2.78. The first kappa shape index (κ1) is 15.0. The molecular weight excluding hydrogens is 320 g/mol. The zero-order valence-electron chi connectivity index (χ0n) is 13.2. The minimum atomic E-state index is -0.232. The average Bonchev–Trinajstić information content (AvgIpc) is 3.07. The summed E-state index contributed by atoms with van der Waals surface area (Å²) in [4.78, 5) is 13.7. The number of fused-ring (bicyclic) bond motifs is 3. The Morgan fingerprint density at radius 2 is 2.00 bits per heavy atom. The number of carbonyl (C=O) groups excluding carboxylic acids is 1. The van der Waals surface area contributed by atoms with Gasteiger partial charge in [-0.1, -0.05) is 36.3 Å². The molecule has 24 heavy (non-hydrogen) atoms. The number of thioether (sulfide) groups is 1. The van der Waals surface area contributed by atoms with Gasteiger partial charge >= 0.3 is 0 Å². The Morgan fingerprint density at radius 1 is 1.21 bits per heavy atom. The first-order valence-electron chi connectivity index (χ1n) is 7.87. The molecule has 1 aliphatic rings. The van der Waals surface area contributed by atoms with Crippen molar-refractivity contribution in [2.75, 3.05) is 5.32 Å². The maximum atomic E-state index is 12.6. The van der Waals surface area contributed by atoms with E-state index < -0.39 is 0 Å². The Balaban J connectivity index is 1.62. The SMILES string of the molecule is CCc1ccc(NC(=O)c2noc3c2CSc2ccccc2-3)cc1. The van der Waals surface area contributed by atoms with E-state index in [0.717, 1.165) is 28.1 Å². The summed E-state index contributed by atoms with van der Waals surface area (Å²) in [6.07, 6.45) is 0.974. The van der Waals surface area contributed by atoms with Gasteiger partial charge in [-0.3, -0.25) is 4.79 Å². The third-order valence-corrected chi connectivity index (χ3v) is 5.23. The summed E-state index contributed by atoms with van der Waals surface area (Å²) in [5, 5.41) is 6.93. The van der Waals surface area contributed by atoms with Crippen LogP contribution in [0.1, 0.15) is 28.5 Å². The number of nitrogens with zero attached hydrogens (tertiary/aromatic N) is 1. The second-order valence-corrected chi connectivity index (χ2v) is 6.65. The molecule has 0 spiro atoms. The number of anilines is 1. The molecule has 0 unspecified atom stereocenters. The molecule has 4 rings (SSSR count). The summed E-state index contributed by atoms with van der Waals surface area (Å²) in [5.41, 5.74) is 4.23. The van der Waals surface area contributed by atoms with Gasteiger partial charge in [0.1, 0.15) is 0 Å². The van der Waals surface area contributed by atoms with E-state index in [9.17, 15) is 4.79 Å². The lowest BCUT2D eigenvalue weighted by Crippen LogP contribution is -2.14. The number of benzene rings is 2. The summed E-state index contributed by atoms with van der Waals surface area (Å²) < 4.78 is 5.48. The second kappa shape index (κ2) is 6.17. The summed E-state index contributed by atoms with van der Waals surface area (Å²) in [6, 6.07) is 15.9. The van der Waals surface area contributed by atoms with E-state index in [4.69, 9.17) is 4.52 Å². The molecule has 0 bridgehead atoms. The van der Waals surface area contributed by atoms with Gasteiger partial charge in [-0.05, 0) is 36.2 Å². The zero-order chi connectivity index (χ0) is 16.5. The summed E-state index contributed by atoms with van der Waals surface area (Å²) in [6.45, 7) is 2.10. The lowest BCUT2D eigenvalue weighted by molar-refractivity contribution is 0.101. The van der Waals surface area contributed by atoms with Gasteiger partial charge in [-0.2, -0.15) is 0 Å². The van der Waals surface area contributed by atoms with Gasteiger partial charge in [-0.25, -0.2) is 0 Å². The highest BCUT2D eigenvalue weighted by Crippen LogP contribution is 2.42. The van der Waals surface area contributed by atoms with Gasteiger partial charge < -0.3 is 9.84 Å². The maximum absolute atomic E-state index is 12.6. The van der Waals surface area contributed by atoms with Gasteiger partial charge in [-0.15, -0.1) is 11.8 Å². The monoisotopic (exact) mass is 336 g/mol. The van der Waals surface area contributed by atoms with Crippen LogP contribution in [0.2, 0.25) is 0 Å². The normalized spacial score (nSPS) is 12.4. The van der Waals surface area contributed by atoms with Crippen LogP contribution in [0.4, 0.5) is 5.69 Å². The van der Waals surface area contributed by atoms with Crippen LogP contribution < -0.4 is 5.32 Å². The van der Waals surface area contributed by atoms with Crippen molar-refractivity contribution in [2.45, 2.75) is 24.0 Å². The van der Waals surface area contributed by atoms with Crippen molar-refractivity contribution in [2.24, 2.45) is 0 Å². The molecule has 2 heterocycles. The number of carbonyl (C=O) groups is 1. The van der Waals surface area contributed by atoms with Crippen molar-refractivity contribution in [3.63, 3.8) is 0 Å². The number of amides is 1. The molecule has 3 aromatic rings. The Morgan fingerprint density at radius 3 is 2.79 bits per heavy atom. The Labute approximate surface area is 144 Å². The van der Waals surface area contributed by atoms with E-state index in [-0.39, 0.29) is 5.91 Å². The maximum Gasteiger partial charge on any atom is 0.278 e. The Hall–Kier alpha value is -2.53. The van der Waals surface area contributed by atoms with Gasteiger partial charge in [0.25, 0.3) is 5.91 Å². The lowest BCUT2D eigenvalue weighted by atomic mass is 10.1. The zero-order valence-corrected chi connectivity index (χ0v) is 14.0. The van der Waals surface area contributed by atoms with Crippen molar-refractivity contribution in [1.29, 1.82) is 0 Å². The molecule has 0 fully saturated rings. The highest BCUT2D eigenvalue weighted by Gasteiger charge is 2.27. The Kier molecular flexibility index (Phi) is 3.86. The molecule has 120 valence electrons. The fraction of sp³-hybridized carbons (Fsp3) is 0.158. The van der Waals surface area contributed by atoms with Crippen molar-refractivity contribution in [3.05, 3.63) is 65.4 Å². The largest absolute Gasteiger partial charge is 0.355 e. The number of nitrogens with one attached hydrogen (secondary N) is 1. The van der Waals surface area contributed by atoms with E-state index in [1.54, 1.807) is 11.8 Å². The van der Waals surface area contributed by atoms with Crippen LogP contribution >= 0.6 is 11.8 Å². The van der Waals surface area contributed by atoms with Gasteiger partial charge in [0.15, 0.2) is 11.5 Å². The third kappa shape index (κ3) is 2.61.